The Labute approximate surface area is 316 Å². The maximum atomic E-state index is 13.7. The number of rotatable bonds is 18. The first-order valence-corrected chi connectivity index (χ1v) is 18.4. The Morgan fingerprint density at radius 2 is 1.36 bits per heavy atom. The Morgan fingerprint density at radius 3 is 1.98 bits per heavy atom. The molecular formula is C36H49N7O12. The van der Waals surface area contributed by atoms with Crippen molar-refractivity contribution in [3.05, 3.63) is 35.9 Å². The number of aliphatic carboxylic acids is 3. The van der Waals surface area contributed by atoms with Gasteiger partial charge < -0.3 is 51.7 Å². The van der Waals surface area contributed by atoms with Crippen molar-refractivity contribution in [2.45, 2.75) is 113 Å². The van der Waals surface area contributed by atoms with Crippen LogP contribution in [0.5, 0.6) is 0 Å². The zero-order chi connectivity index (χ0) is 40.2. The average Bonchev–Trinajstić information content (AvgIpc) is 3.95. The van der Waals surface area contributed by atoms with Crippen LogP contribution in [0.2, 0.25) is 0 Å². The number of hydrogen-bond acceptors (Lipinski definition) is 10. The fourth-order valence-electron chi connectivity index (χ4n) is 7.07. The van der Waals surface area contributed by atoms with Crippen molar-refractivity contribution >= 4 is 53.4 Å². The number of hydrogen-bond donors (Lipinski definition) is 8. The first-order chi connectivity index (χ1) is 26.2. The third kappa shape index (κ3) is 11.7. The van der Waals surface area contributed by atoms with Crippen molar-refractivity contribution in [2.24, 2.45) is 0 Å². The standard InChI is InChI=1S/C36H49N7O12/c1-20(38-32(50)24(19-29(46)47)40-33(51)26-11-6-16-42(26)34(52)23-10-5-15-37-23)30(48)39-22(13-14-28(44)45)31(49)41-25(18-21-8-3-2-4-9-21)35(53)43-17-7-12-27(43)36(54)55/h2-4,8-9,20,22-27,37H,5-7,10-19H2,1H3,(H,38,50)(H,39,48)(H,40,51)(H,41,49)(H,44,45)(H,46,47)(H,54,55)/t20-,22-,23-,24-,25-,26-,27-/m0/s1. The second-order valence-corrected chi connectivity index (χ2v) is 14.0. The number of carbonyl (C=O) groups excluding carboxylic acids is 6. The van der Waals surface area contributed by atoms with Crippen molar-refractivity contribution in [1.29, 1.82) is 0 Å². The molecule has 19 nitrogen and oxygen atoms in total. The Bertz CT molecular complexity index is 1620. The molecule has 55 heavy (non-hydrogen) atoms. The summed E-state index contributed by atoms with van der Waals surface area (Å²) in [6.07, 6.45) is 1.03. The third-order valence-electron chi connectivity index (χ3n) is 9.96. The van der Waals surface area contributed by atoms with Gasteiger partial charge in [-0.2, -0.15) is 0 Å². The fourth-order valence-corrected chi connectivity index (χ4v) is 7.07. The average molecular weight is 772 g/mol. The minimum Gasteiger partial charge on any atom is -0.481 e. The summed E-state index contributed by atoms with van der Waals surface area (Å²) in [5.41, 5.74) is 0.635. The number of benzene rings is 1. The highest BCUT2D eigenvalue weighted by molar-refractivity contribution is 5.98. The second kappa shape index (κ2) is 19.7. The van der Waals surface area contributed by atoms with Crippen LogP contribution in [-0.4, -0.2) is 140 Å². The van der Waals surface area contributed by atoms with Crippen LogP contribution in [0.1, 0.15) is 70.3 Å². The van der Waals surface area contributed by atoms with Gasteiger partial charge in [0.05, 0.1) is 12.5 Å². The summed E-state index contributed by atoms with van der Waals surface area (Å²) in [5, 5.41) is 41.3. The maximum Gasteiger partial charge on any atom is 0.326 e. The highest BCUT2D eigenvalue weighted by Crippen LogP contribution is 2.22. The van der Waals surface area contributed by atoms with Gasteiger partial charge in [-0.25, -0.2) is 4.79 Å². The molecule has 300 valence electrons. The molecule has 0 unspecified atom stereocenters. The molecule has 1 aromatic carbocycles. The van der Waals surface area contributed by atoms with Crippen molar-refractivity contribution < 1.29 is 58.5 Å². The number of nitrogens with zero attached hydrogens (tertiary/aromatic N) is 2. The normalized spacial score (nSPS) is 21.4. The van der Waals surface area contributed by atoms with Gasteiger partial charge in [-0.15, -0.1) is 0 Å². The van der Waals surface area contributed by atoms with Crippen molar-refractivity contribution in [1.82, 2.24) is 36.4 Å². The molecule has 3 fully saturated rings. The van der Waals surface area contributed by atoms with Gasteiger partial charge in [0.2, 0.25) is 35.4 Å². The summed E-state index contributed by atoms with van der Waals surface area (Å²) < 4.78 is 0. The van der Waals surface area contributed by atoms with Crippen LogP contribution < -0.4 is 26.6 Å². The van der Waals surface area contributed by atoms with Crippen molar-refractivity contribution in [3.8, 4) is 0 Å². The molecule has 0 spiro atoms. The van der Waals surface area contributed by atoms with Crippen LogP contribution in [0.4, 0.5) is 0 Å². The monoisotopic (exact) mass is 771 g/mol. The molecule has 0 bridgehead atoms. The molecule has 6 amide bonds. The molecule has 3 aliphatic heterocycles. The van der Waals surface area contributed by atoms with Crippen LogP contribution in [0, 0.1) is 0 Å². The molecule has 0 radical (unpaired) electrons. The van der Waals surface area contributed by atoms with E-state index in [1.54, 1.807) is 30.3 Å². The zero-order valence-electron chi connectivity index (χ0n) is 30.5. The highest BCUT2D eigenvalue weighted by atomic mass is 16.4. The Morgan fingerprint density at radius 1 is 0.727 bits per heavy atom. The first-order valence-electron chi connectivity index (χ1n) is 18.4. The second-order valence-electron chi connectivity index (χ2n) is 14.0. The first kappa shape index (κ1) is 42.2. The van der Waals surface area contributed by atoms with Gasteiger partial charge in [-0.1, -0.05) is 30.3 Å². The summed E-state index contributed by atoms with van der Waals surface area (Å²) in [7, 11) is 0. The number of nitrogens with one attached hydrogen (secondary N) is 5. The summed E-state index contributed by atoms with van der Waals surface area (Å²) in [6.45, 7) is 2.36. The minimum absolute atomic E-state index is 0.0404. The largest absolute Gasteiger partial charge is 0.481 e. The molecule has 7 atom stereocenters. The zero-order valence-corrected chi connectivity index (χ0v) is 30.5. The smallest absolute Gasteiger partial charge is 0.326 e. The lowest BCUT2D eigenvalue weighted by Crippen LogP contribution is -2.59. The van der Waals surface area contributed by atoms with E-state index in [9.17, 15) is 58.5 Å². The maximum absolute atomic E-state index is 13.7. The molecule has 19 heteroatoms. The predicted octanol–water partition coefficient (Wildman–Crippen LogP) is -1.65. The van der Waals surface area contributed by atoms with Crippen LogP contribution in [0.15, 0.2) is 30.3 Å². The summed E-state index contributed by atoms with van der Waals surface area (Å²) in [5.74, 6) is -8.51. The molecule has 0 saturated carbocycles. The SMILES string of the molecule is C[C@H](NC(=O)[C@H](CC(=O)O)NC(=O)[C@@H]1CCCN1C(=O)[C@@H]1CCCN1)C(=O)N[C@@H](CCC(=O)O)C(=O)N[C@@H](Cc1ccccc1)C(=O)N1CCC[C@H]1C(=O)O. The van der Waals surface area contributed by atoms with E-state index in [1.807, 2.05) is 0 Å². The Balaban J connectivity index is 1.44. The Hall–Kier alpha value is -5.59. The molecule has 1 aromatic rings. The Kier molecular flexibility index (Phi) is 15.1. The van der Waals surface area contributed by atoms with Crippen LogP contribution in [-0.2, 0) is 49.6 Å². The van der Waals surface area contributed by atoms with Crippen molar-refractivity contribution in [2.75, 3.05) is 19.6 Å². The van der Waals surface area contributed by atoms with E-state index in [4.69, 9.17) is 0 Å². The van der Waals surface area contributed by atoms with E-state index in [-0.39, 0.29) is 25.3 Å². The number of likely N-dealkylation sites (tertiary alicyclic amines) is 2. The lowest BCUT2D eigenvalue weighted by atomic mass is 10.0. The molecule has 3 aliphatic rings. The van der Waals surface area contributed by atoms with Gasteiger partial charge in [0.15, 0.2) is 0 Å². The number of carboxylic acids is 3. The van der Waals surface area contributed by atoms with E-state index < -0.39 is 109 Å². The molecule has 3 heterocycles. The van der Waals surface area contributed by atoms with E-state index in [0.717, 1.165) is 6.42 Å². The predicted molar refractivity (Wildman–Crippen MR) is 191 cm³/mol. The van der Waals surface area contributed by atoms with Gasteiger partial charge in [-0.3, -0.25) is 38.4 Å². The van der Waals surface area contributed by atoms with E-state index in [2.05, 4.69) is 26.6 Å². The molecular weight excluding hydrogens is 722 g/mol. The third-order valence-corrected chi connectivity index (χ3v) is 9.96. The number of carbonyl (C=O) groups is 9. The van der Waals surface area contributed by atoms with Crippen LogP contribution in [0.3, 0.4) is 0 Å². The summed E-state index contributed by atoms with van der Waals surface area (Å²) >= 11 is 0. The lowest BCUT2D eigenvalue weighted by molar-refractivity contribution is -0.149. The molecule has 0 aliphatic carbocycles. The van der Waals surface area contributed by atoms with Crippen LogP contribution >= 0.6 is 0 Å². The van der Waals surface area contributed by atoms with Gasteiger partial charge in [-0.05, 0) is 64.0 Å². The number of amides is 6. The lowest BCUT2D eigenvalue weighted by Gasteiger charge is -2.29. The van der Waals surface area contributed by atoms with Gasteiger partial charge in [0.1, 0.15) is 36.3 Å². The van der Waals surface area contributed by atoms with Crippen LogP contribution in [0.25, 0.3) is 0 Å². The molecule has 0 aromatic heterocycles. The van der Waals surface area contributed by atoms with Gasteiger partial charge in [0.25, 0.3) is 0 Å². The summed E-state index contributed by atoms with van der Waals surface area (Å²) in [4.78, 5) is 118. The molecule has 8 N–H and O–H groups in total. The van der Waals surface area contributed by atoms with E-state index >= 15 is 0 Å². The topological polar surface area (TPSA) is 281 Å². The van der Waals surface area contributed by atoms with Crippen molar-refractivity contribution in [3.63, 3.8) is 0 Å². The van der Waals surface area contributed by atoms with E-state index in [1.165, 1.54) is 16.7 Å². The molecule has 3 saturated heterocycles. The fraction of sp³-hybridized carbons (Fsp3) is 0.583. The van der Waals surface area contributed by atoms with Gasteiger partial charge >= 0.3 is 17.9 Å². The quantitative estimate of drug-likeness (QED) is 0.0832. The van der Waals surface area contributed by atoms with E-state index in [0.29, 0.717) is 44.3 Å². The highest BCUT2D eigenvalue weighted by Gasteiger charge is 2.41. The number of carboxylic acid groups (broad SMARTS) is 3. The molecule has 4 rings (SSSR count). The summed E-state index contributed by atoms with van der Waals surface area (Å²) in [6, 6.07) is 0.247. The minimum atomic E-state index is -1.64. The van der Waals surface area contributed by atoms with Gasteiger partial charge in [0, 0.05) is 25.9 Å².